The summed E-state index contributed by atoms with van der Waals surface area (Å²) >= 11 is 0. The molecule has 1 unspecified atom stereocenters. The molecule has 0 radical (unpaired) electrons. The van der Waals surface area contributed by atoms with Crippen molar-refractivity contribution in [2.45, 2.75) is 50.1 Å². The van der Waals surface area contributed by atoms with Gasteiger partial charge in [-0.2, -0.15) is 0 Å². The normalized spacial score (nSPS) is 23.8. The van der Waals surface area contributed by atoms with Gasteiger partial charge < -0.3 is 20.1 Å². The van der Waals surface area contributed by atoms with Crippen molar-refractivity contribution in [1.82, 2.24) is 10.2 Å². The number of benzene rings is 2. The van der Waals surface area contributed by atoms with Crippen LogP contribution >= 0.6 is 0 Å². The van der Waals surface area contributed by atoms with Crippen molar-refractivity contribution < 1.29 is 24.2 Å². The number of carbonyl (C=O) groups is 3. The summed E-state index contributed by atoms with van der Waals surface area (Å²) < 4.78 is 5.65. The molecular formula is C26H28N2O5. The van der Waals surface area contributed by atoms with Gasteiger partial charge in [-0.3, -0.25) is 4.79 Å². The van der Waals surface area contributed by atoms with Crippen LogP contribution in [-0.2, 0) is 14.3 Å². The SMILES string of the molecule is O=C(N[C@H]1CCC[C@H]1C(=O)N1CCCC1C(=O)O)OCC1c2ccccc2-c2ccccc21. The van der Waals surface area contributed by atoms with Crippen LogP contribution in [0.2, 0.25) is 0 Å². The largest absolute Gasteiger partial charge is 0.480 e. The Morgan fingerprint density at radius 1 is 0.939 bits per heavy atom. The number of nitrogens with one attached hydrogen (secondary N) is 1. The van der Waals surface area contributed by atoms with E-state index in [1.165, 1.54) is 16.0 Å². The number of fused-ring (bicyclic) bond motifs is 3. The quantitative estimate of drug-likeness (QED) is 0.726. The highest BCUT2D eigenvalue weighted by molar-refractivity contribution is 5.87. The minimum absolute atomic E-state index is 0.0231. The third-order valence-electron chi connectivity index (χ3n) is 7.30. The topological polar surface area (TPSA) is 95.9 Å². The van der Waals surface area contributed by atoms with E-state index in [0.29, 0.717) is 32.2 Å². The molecule has 7 nitrogen and oxygen atoms in total. The van der Waals surface area contributed by atoms with E-state index in [9.17, 15) is 19.5 Å². The van der Waals surface area contributed by atoms with Crippen LogP contribution in [0.25, 0.3) is 11.1 Å². The molecule has 3 atom stereocenters. The fraction of sp³-hybridized carbons (Fsp3) is 0.423. The fourth-order valence-corrected chi connectivity index (χ4v) is 5.72. The van der Waals surface area contributed by atoms with Gasteiger partial charge in [-0.25, -0.2) is 9.59 Å². The van der Waals surface area contributed by atoms with E-state index < -0.39 is 24.0 Å². The van der Waals surface area contributed by atoms with E-state index in [2.05, 4.69) is 29.6 Å². The molecule has 2 N–H and O–H groups in total. The Balaban J connectivity index is 1.23. The van der Waals surface area contributed by atoms with E-state index in [1.807, 2.05) is 24.3 Å². The number of ether oxygens (including phenoxy) is 1. The summed E-state index contributed by atoms with van der Waals surface area (Å²) in [7, 11) is 0. The average Bonchev–Trinajstić information content (AvgIpc) is 3.55. The summed E-state index contributed by atoms with van der Waals surface area (Å²) in [5, 5.41) is 12.3. The van der Waals surface area contributed by atoms with Gasteiger partial charge in [-0.1, -0.05) is 55.0 Å². The number of amides is 2. The average molecular weight is 449 g/mol. The zero-order chi connectivity index (χ0) is 22.9. The Bertz CT molecular complexity index is 1040. The second-order valence-corrected chi connectivity index (χ2v) is 9.14. The minimum atomic E-state index is -0.958. The van der Waals surface area contributed by atoms with Gasteiger partial charge in [0.05, 0.1) is 5.92 Å². The van der Waals surface area contributed by atoms with Gasteiger partial charge in [-0.15, -0.1) is 0 Å². The third-order valence-corrected chi connectivity index (χ3v) is 7.30. The predicted octanol–water partition coefficient (Wildman–Crippen LogP) is 3.77. The van der Waals surface area contributed by atoms with Crippen LogP contribution < -0.4 is 5.32 Å². The Labute approximate surface area is 192 Å². The number of carbonyl (C=O) groups excluding carboxylic acids is 2. The Morgan fingerprint density at radius 3 is 2.27 bits per heavy atom. The van der Waals surface area contributed by atoms with E-state index in [4.69, 9.17) is 4.74 Å². The number of carboxylic acid groups (broad SMARTS) is 1. The number of nitrogens with zero attached hydrogens (tertiary/aromatic N) is 1. The number of likely N-dealkylation sites (tertiary alicyclic amines) is 1. The number of rotatable bonds is 5. The maximum absolute atomic E-state index is 13.1. The number of carboxylic acids is 1. The molecule has 2 fully saturated rings. The molecule has 1 heterocycles. The van der Waals surface area contributed by atoms with Crippen molar-refractivity contribution in [3.8, 4) is 11.1 Å². The summed E-state index contributed by atoms with van der Waals surface area (Å²) in [6.07, 6.45) is 2.80. The molecule has 2 aromatic rings. The molecule has 7 heteroatoms. The zero-order valence-electron chi connectivity index (χ0n) is 18.4. The molecule has 2 aromatic carbocycles. The molecule has 172 valence electrons. The first kappa shape index (κ1) is 21.5. The van der Waals surface area contributed by atoms with E-state index in [1.54, 1.807) is 0 Å². The summed E-state index contributed by atoms with van der Waals surface area (Å²) in [6.45, 7) is 0.683. The summed E-state index contributed by atoms with van der Waals surface area (Å²) in [5.74, 6) is -1.54. The van der Waals surface area contributed by atoms with Crippen LogP contribution in [0.3, 0.4) is 0 Å². The molecule has 33 heavy (non-hydrogen) atoms. The molecule has 3 aliphatic rings. The Morgan fingerprint density at radius 2 is 1.61 bits per heavy atom. The smallest absolute Gasteiger partial charge is 0.407 e. The first-order valence-corrected chi connectivity index (χ1v) is 11.7. The molecular weight excluding hydrogens is 420 g/mol. The summed E-state index contributed by atoms with van der Waals surface area (Å²) in [5.41, 5.74) is 4.63. The van der Waals surface area contributed by atoms with Crippen molar-refractivity contribution in [3.05, 3.63) is 59.7 Å². The molecule has 0 bridgehead atoms. The molecule has 2 aliphatic carbocycles. The summed E-state index contributed by atoms with van der Waals surface area (Å²) in [4.78, 5) is 38.7. The number of hydrogen-bond donors (Lipinski definition) is 2. The van der Waals surface area contributed by atoms with Crippen molar-refractivity contribution in [3.63, 3.8) is 0 Å². The van der Waals surface area contributed by atoms with E-state index in [0.717, 1.165) is 17.5 Å². The minimum Gasteiger partial charge on any atom is -0.480 e. The third kappa shape index (κ3) is 3.96. The van der Waals surface area contributed by atoms with Crippen LogP contribution in [0, 0.1) is 5.92 Å². The van der Waals surface area contributed by atoms with Gasteiger partial charge in [0, 0.05) is 18.5 Å². The lowest BCUT2D eigenvalue weighted by Gasteiger charge is -2.28. The Kier molecular flexibility index (Phi) is 5.79. The maximum Gasteiger partial charge on any atom is 0.407 e. The zero-order valence-corrected chi connectivity index (χ0v) is 18.4. The highest BCUT2D eigenvalue weighted by Crippen LogP contribution is 2.44. The van der Waals surface area contributed by atoms with E-state index >= 15 is 0 Å². The monoisotopic (exact) mass is 448 g/mol. The van der Waals surface area contributed by atoms with Crippen LogP contribution in [0.5, 0.6) is 0 Å². The number of aliphatic carboxylic acids is 1. The van der Waals surface area contributed by atoms with Crippen molar-refractivity contribution >= 4 is 18.0 Å². The van der Waals surface area contributed by atoms with E-state index in [-0.39, 0.29) is 24.5 Å². The second-order valence-electron chi connectivity index (χ2n) is 9.14. The highest BCUT2D eigenvalue weighted by atomic mass is 16.5. The van der Waals surface area contributed by atoms with Crippen LogP contribution in [-0.4, -0.2) is 53.2 Å². The number of alkyl carbamates (subject to hydrolysis) is 1. The van der Waals surface area contributed by atoms with Gasteiger partial charge in [-0.05, 0) is 47.9 Å². The molecule has 1 saturated heterocycles. The summed E-state index contributed by atoms with van der Waals surface area (Å²) in [6, 6.07) is 15.2. The van der Waals surface area contributed by atoms with Gasteiger partial charge in [0.1, 0.15) is 12.6 Å². The standard InChI is InChI=1S/C26H28N2O5/c29-24(28-14-6-13-23(28)25(30)31)20-11-5-12-22(20)27-26(32)33-15-21-18-9-3-1-7-16(18)17-8-2-4-10-19(17)21/h1-4,7-10,20-23H,5-6,11-15H2,(H,27,32)(H,30,31)/t20-,22+,23?/m1/s1. The lowest BCUT2D eigenvalue weighted by atomic mass is 9.98. The van der Waals surface area contributed by atoms with Gasteiger partial charge in [0.2, 0.25) is 5.91 Å². The van der Waals surface area contributed by atoms with Crippen LogP contribution in [0.4, 0.5) is 4.79 Å². The first-order valence-electron chi connectivity index (χ1n) is 11.7. The molecule has 2 amide bonds. The van der Waals surface area contributed by atoms with Crippen molar-refractivity contribution in [2.75, 3.05) is 13.2 Å². The van der Waals surface area contributed by atoms with Gasteiger partial charge >= 0.3 is 12.1 Å². The molecule has 1 aliphatic heterocycles. The molecule has 0 aromatic heterocycles. The second kappa shape index (κ2) is 8.89. The van der Waals surface area contributed by atoms with Crippen molar-refractivity contribution in [2.24, 2.45) is 5.92 Å². The Hall–Kier alpha value is -3.35. The molecule has 5 rings (SSSR count). The molecule has 1 saturated carbocycles. The fourth-order valence-electron chi connectivity index (χ4n) is 5.72. The van der Waals surface area contributed by atoms with Gasteiger partial charge in [0.15, 0.2) is 0 Å². The van der Waals surface area contributed by atoms with Gasteiger partial charge in [0.25, 0.3) is 0 Å². The molecule has 0 spiro atoms. The predicted molar refractivity (Wildman–Crippen MR) is 122 cm³/mol. The maximum atomic E-state index is 13.1. The van der Waals surface area contributed by atoms with Crippen molar-refractivity contribution in [1.29, 1.82) is 0 Å². The number of hydrogen-bond acceptors (Lipinski definition) is 4. The van der Waals surface area contributed by atoms with Crippen LogP contribution in [0.15, 0.2) is 48.5 Å². The lowest BCUT2D eigenvalue weighted by Crippen LogP contribution is -2.49. The first-order chi connectivity index (χ1) is 16.0. The highest BCUT2D eigenvalue weighted by Gasteiger charge is 2.42. The lowest BCUT2D eigenvalue weighted by molar-refractivity contribution is -0.150. The van der Waals surface area contributed by atoms with Crippen LogP contribution in [0.1, 0.15) is 49.1 Å².